The highest BCUT2D eigenvalue weighted by Gasteiger charge is 2.33. The maximum atomic E-state index is 11.9. The number of hydrogen-bond acceptors (Lipinski definition) is 8. The summed E-state index contributed by atoms with van der Waals surface area (Å²) in [5.41, 5.74) is 1.14. The number of carbonyl (C=O) groups is 1. The molecule has 2 aromatic rings. The molecule has 1 aliphatic rings. The van der Waals surface area contributed by atoms with Crippen LogP contribution in [0.3, 0.4) is 0 Å². The van der Waals surface area contributed by atoms with Gasteiger partial charge in [-0.2, -0.15) is 0 Å². The third-order valence-corrected chi connectivity index (χ3v) is 7.70. The average Bonchev–Trinajstić information content (AvgIpc) is 3.02. The highest BCUT2D eigenvalue weighted by atomic mass is 32.2. The van der Waals surface area contributed by atoms with Gasteiger partial charge in [-0.25, -0.2) is 9.97 Å². The van der Waals surface area contributed by atoms with Gasteiger partial charge in [-0.05, 0) is 32.3 Å². The zero-order chi connectivity index (χ0) is 19.4. The number of carbonyl (C=O) groups excluding carboxylic acids is 1. The normalized spacial score (nSPS) is 19.3. The van der Waals surface area contributed by atoms with Crippen LogP contribution < -0.4 is 0 Å². The molecule has 0 unspecified atom stereocenters. The summed E-state index contributed by atoms with van der Waals surface area (Å²) < 4.78 is 11.2. The Morgan fingerprint density at radius 3 is 2.81 bits per heavy atom. The first-order valence-corrected chi connectivity index (χ1v) is 12.2. The number of thioether (sulfide) groups is 2. The monoisotopic (exact) mass is 426 g/mol. The van der Waals surface area contributed by atoms with E-state index in [0.29, 0.717) is 13.2 Å². The summed E-state index contributed by atoms with van der Waals surface area (Å²) in [5.74, 6) is 1.04. The molecule has 0 spiro atoms. The molecule has 1 atom stereocenters. The molecule has 0 aromatic carbocycles. The lowest BCUT2D eigenvalue weighted by molar-refractivity contribution is -0.139. The first-order valence-electron chi connectivity index (χ1n) is 9.37. The van der Waals surface area contributed by atoms with E-state index < -0.39 is 0 Å². The highest BCUT2D eigenvalue weighted by Crippen LogP contribution is 2.43. The Balaban J connectivity index is 2.00. The zero-order valence-corrected chi connectivity index (χ0v) is 18.7. The van der Waals surface area contributed by atoms with Crippen molar-refractivity contribution in [3.8, 4) is 0 Å². The molecule has 0 amide bonds. The number of thiophene rings is 1. The maximum Gasteiger partial charge on any atom is 0.316 e. The summed E-state index contributed by atoms with van der Waals surface area (Å²) in [4.78, 5) is 23.7. The number of ether oxygens (including phenoxy) is 2. The van der Waals surface area contributed by atoms with Crippen LogP contribution in [0, 0.1) is 0 Å². The minimum absolute atomic E-state index is 0.153. The first kappa shape index (κ1) is 20.9. The number of esters is 1. The third-order valence-electron chi connectivity index (χ3n) is 4.60. The van der Waals surface area contributed by atoms with Gasteiger partial charge in [-0.15, -0.1) is 11.3 Å². The van der Waals surface area contributed by atoms with Crippen molar-refractivity contribution in [2.45, 2.75) is 69.3 Å². The Morgan fingerprint density at radius 2 is 2.11 bits per heavy atom. The number of fused-ring (bicyclic) bond motifs is 3. The molecule has 5 nitrogen and oxygen atoms in total. The molecule has 0 fully saturated rings. The molecule has 0 saturated carbocycles. The molecule has 3 heterocycles. The maximum absolute atomic E-state index is 11.9. The van der Waals surface area contributed by atoms with E-state index in [1.807, 2.05) is 6.92 Å². The second-order valence-corrected chi connectivity index (χ2v) is 9.82. The van der Waals surface area contributed by atoms with Crippen LogP contribution in [0.4, 0.5) is 0 Å². The summed E-state index contributed by atoms with van der Waals surface area (Å²) in [5, 5.41) is 2.78. The minimum atomic E-state index is -0.206. The lowest BCUT2D eigenvalue weighted by atomic mass is 9.90. The molecule has 0 saturated heterocycles. The topological polar surface area (TPSA) is 61.3 Å². The van der Waals surface area contributed by atoms with Crippen molar-refractivity contribution in [3.05, 3.63) is 10.4 Å². The van der Waals surface area contributed by atoms with Crippen molar-refractivity contribution < 1.29 is 14.3 Å². The van der Waals surface area contributed by atoms with Crippen LogP contribution in [0.15, 0.2) is 10.2 Å². The first-order chi connectivity index (χ1) is 13.0. The number of aromatic nitrogens is 2. The molecule has 3 rings (SSSR count). The van der Waals surface area contributed by atoms with E-state index >= 15 is 0 Å². The fourth-order valence-electron chi connectivity index (χ4n) is 2.94. The van der Waals surface area contributed by atoms with Gasteiger partial charge in [-0.3, -0.25) is 4.79 Å². The molecule has 2 aromatic heterocycles. The zero-order valence-electron chi connectivity index (χ0n) is 16.3. The van der Waals surface area contributed by atoms with E-state index in [2.05, 4.69) is 20.8 Å². The van der Waals surface area contributed by atoms with E-state index in [0.717, 1.165) is 45.4 Å². The van der Waals surface area contributed by atoms with Crippen LogP contribution in [0.2, 0.25) is 0 Å². The predicted octanol–water partition coefficient (Wildman–Crippen LogP) is 5.09. The van der Waals surface area contributed by atoms with Gasteiger partial charge in [0.15, 0.2) is 5.16 Å². The van der Waals surface area contributed by atoms with Gasteiger partial charge < -0.3 is 9.47 Å². The lowest BCUT2D eigenvalue weighted by Crippen LogP contribution is -2.33. The number of hydrogen-bond donors (Lipinski definition) is 0. The molecular weight excluding hydrogens is 400 g/mol. The van der Waals surface area contributed by atoms with Gasteiger partial charge in [0.2, 0.25) is 0 Å². The van der Waals surface area contributed by atoms with Crippen LogP contribution in [0.25, 0.3) is 10.2 Å². The summed E-state index contributed by atoms with van der Waals surface area (Å²) in [7, 11) is 0. The lowest BCUT2D eigenvalue weighted by Gasteiger charge is -2.33. The van der Waals surface area contributed by atoms with Gasteiger partial charge in [0.25, 0.3) is 0 Å². The predicted molar refractivity (Wildman–Crippen MR) is 113 cm³/mol. The largest absolute Gasteiger partial charge is 0.465 e. The van der Waals surface area contributed by atoms with Gasteiger partial charge in [-0.1, -0.05) is 37.4 Å². The summed E-state index contributed by atoms with van der Waals surface area (Å²) in [6, 6.07) is 0. The van der Waals surface area contributed by atoms with E-state index in [1.54, 1.807) is 23.1 Å². The van der Waals surface area contributed by atoms with Gasteiger partial charge in [0.05, 0.1) is 24.6 Å². The van der Waals surface area contributed by atoms with Gasteiger partial charge >= 0.3 is 5.97 Å². The van der Waals surface area contributed by atoms with E-state index in [1.165, 1.54) is 22.2 Å². The van der Waals surface area contributed by atoms with Crippen LogP contribution in [-0.4, -0.2) is 39.7 Å². The Labute approximate surface area is 173 Å². The molecule has 8 heteroatoms. The molecule has 0 aliphatic carbocycles. The van der Waals surface area contributed by atoms with Crippen LogP contribution in [-0.2, 0) is 27.3 Å². The molecular formula is C19H26N2O3S3. The highest BCUT2D eigenvalue weighted by molar-refractivity contribution is 8.00. The Bertz CT molecular complexity index is 824. The second-order valence-electron chi connectivity index (χ2n) is 6.71. The van der Waals surface area contributed by atoms with Crippen molar-refractivity contribution in [1.29, 1.82) is 0 Å². The summed E-state index contributed by atoms with van der Waals surface area (Å²) in [6.07, 6.45) is 2.89. The smallest absolute Gasteiger partial charge is 0.316 e. The van der Waals surface area contributed by atoms with Gasteiger partial charge in [0, 0.05) is 22.4 Å². The summed E-state index contributed by atoms with van der Waals surface area (Å²) >= 11 is 4.82. The van der Waals surface area contributed by atoms with Crippen molar-refractivity contribution in [2.24, 2.45) is 0 Å². The van der Waals surface area contributed by atoms with Crippen LogP contribution in [0.5, 0.6) is 0 Å². The Morgan fingerprint density at radius 1 is 1.30 bits per heavy atom. The Hall–Kier alpha value is -0.830. The van der Waals surface area contributed by atoms with E-state index in [4.69, 9.17) is 19.4 Å². The number of rotatable bonds is 8. The fourth-order valence-corrected chi connectivity index (χ4v) is 5.77. The molecule has 0 radical (unpaired) electrons. The Kier molecular flexibility index (Phi) is 7.05. The molecule has 148 valence electrons. The van der Waals surface area contributed by atoms with Crippen molar-refractivity contribution >= 4 is 51.0 Å². The van der Waals surface area contributed by atoms with Crippen LogP contribution in [0.1, 0.15) is 51.0 Å². The van der Waals surface area contributed by atoms with E-state index in [-0.39, 0.29) is 17.3 Å². The van der Waals surface area contributed by atoms with Crippen molar-refractivity contribution in [3.63, 3.8) is 0 Å². The summed E-state index contributed by atoms with van der Waals surface area (Å²) in [6.45, 7) is 9.32. The fraction of sp³-hybridized carbons (Fsp3) is 0.632. The van der Waals surface area contributed by atoms with Crippen molar-refractivity contribution in [2.75, 3.05) is 18.1 Å². The molecule has 0 bridgehead atoms. The molecule has 0 N–H and O–H groups in total. The third kappa shape index (κ3) is 4.78. The van der Waals surface area contributed by atoms with Gasteiger partial charge in [0.1, 0.15) is 9.86 Å². The average molecular weight is 427 g/mol. The van der Waals surface area contributed by atoms with Crippen LogP contribution >= 0.6 is 34.9 Å². The molecule has 27 heavy (non-hydrogen) atoms. The second kappa shape index (κ2) is 9.11. The quantitative estimate of drug-likeness (QED) is 0.252. The SMILES string of the molecule is CCCSc1nc(SCC(=O)OCC)c2c3c(sc2n1)CO[C@](C)(CC)C3. The number of nitrogens with zero attached hydrogens (tertiary/aromatic N) is 2. The minimum Gasteiger partial charge on any atom is -0.465 e. The standard InChI is InChI=1S/C19H26N2O3S3/c1-5-8-25-18-20-16(26-11-14(22)23-7-3)15-12-9-19(4,6-2)24-10-13(12)27-17(15)21-18/h5-11H2,1-4H3/t19-/m1/s1. The molecule has 1 aliphatic heterocycles. The van der Waals surface area contributed by atoms with Crippen molar-refractivity contribution in [1.82, 2.24) is 9.97 Å². The van der Waals surface area contributed by atoms with E-state index in [9.17, 15) is 4.79 Å².